The van der Waals surface area contributed by atoms with Gasteiger partial charge in [-0.15, -0.1) is 0 Å². The third-order valence-corrected chi connectivity index (χ3v) is 3.68. The van der Waals surface area contributed by atoms with Crippen LogP contribution in [0, 0.1) is 11.3 Å². The first-order valence-corrected chi connectivity index (χ1v) is 5.93. The van der Waals surface area contributed by atoms with Gasteiger partial charge < -0.3 is 5.11 Å². The van der Waals surface area contributed by atoms with Crippen molar-refractivity contribution in [1.29, 1.82) is 5.26 Å². The van der Waals surface area contributed by atoms with E-state index in [1.54, 1.807) is 24.3 Å². The highest BCUT2D eigenvalue weighted by Crippen LogP contribution is 2.39. The van der Waals surface area contributed by atoms with Gasteiger partial charge in [0.1, 0.15) is 0 Å². The molecule has 0 aromatic heterocycles. The van der Waals surface area contributed by atoms with Crippen molar-refractivity contribution in [1.82, 2.24) is 0 Å². The van der Waals surface area contributed by atoms with Crippen molar-refractivity contribution < 1.29 is 9.90 Å². The van der Waals surface area contributed by atoms with E-state index in [0.717, 1.165) is 24.8 Å². The molecule has 88 valence electrons. The molecule has 3 heteroatoms. The molecule has 1 aliphatic carbocycles. The summed E-state index contributed by atoms with van der Waals surface area (Å²) in [6.45, 7) is 0. The van der Waals surface area contributed by atoms with Gasteiger partial charge in [-0.1, -0.05) is 31.4 Å². The minimum absolute atomic E-state index is 0.574. The lowest BCUT2D eigenvalue weighted by molar-refractivity contribution is -0.145. The normalized spacial score (nSPS) is 18.3. The molecule has 1 aliphatic rings. The van der Waals surface area contributed by atoms with Crippen LogP contribution in [0.5, 0.6) is 0 Å². The van der Waals surface area contributed by atoms with Crippen LogP contribution >= 0.6 is 0 Å². The maximum Gasteiger partial charge on any atom is 0.314 e. The smallest absolute Gasteiger partial charge is 0.314 e. The lowest BCUT2D eigenvalue weighted by Gasteiger charge is -2.33. The van der Waals surface area contributed by atoms with Gasteiger partial charge in [-0.2, -0.15) is 5.26 Å². The van der Waals surface area contributed by atoms with Crippen molar-refractivity contribution >= 4 is 5.97 Å². The van der Waals surface area contributed by atoms with E-state index in [-0.39, 0.29) is 0 Å². The summed E-state index contributed by atoms with van der Waals surface area (Å²) in [6.07, 6.45) is 4.45. The molecular weight excluding hydrogens is 214 g/mol. The number of rotatable bonds is 2. The summed E-state index contributed by atoms with van der Waals surface area (Å²) in [6, 6.07) is 9.04. The molecule has 2 rings (SSSR count). The van der Waals surface area contributed by atoms with E-state index >= 15 is 0 Å². The Morgan fingerprint density at radius 3 is 2.24 bits per heavy atom. The molecule has 0 amide bonds. The maximum atomic E-state index is 11.6. The SMILES string of the molecule is N#Cc1ccc(C2(C(=O)O)CCCCC2)cc1. The lowest BCUT2D eigenvalue weighted by Crippen LogP contribution is -2.37. The van der Waals surface area contributed by atoms with Gasteiger partial charge in [-0.25, -0.2) is 0 Å². The Bertz CT molecular complexity index is 450. The van der Waals surface area contributed by atoms with Crippen molar-refractivity contribution in [2.75, 3.05) is 0 Å². The minimum Gasteiger partial charge on any atom is -0.481 e. The third kappa shape index (κ3) is 2.03. The summed E-state index contributed by atoms with van der Waals surface area (Å²) in [7, 11) is 0. The van der Waals surface area contributed by atoms with Gasteiger partial charge in [-0.3, -0.25) is 4.79 Å². The summed E-state index contributed by atoms with van der Waals surface area (Å²) < 4.78 is 0. The maximum absolute atomic E-state index is 11.6. The summed E-state index contributed by atoms with van der Waals surface area (Å²) in [4.78, 5) is 11.6. The summed E-state index contributed by atoms with van der Waals surface area (Å²) in [5.74, 6) is -0.734. The Kier molecular flexibility index (Phi) is 3.14. The monoisotopic (exact) mass is 229 g/mol. The summed E-state index contributed by atoms with van der Waals surface area (Å²) in [5, 5.41) is 18.2. The molecule has 0 aliphatic heterocycles. The van der Waals surface area contributed by atoms with Crippen molar-refractivity contribution in [3.63, 3.8) is 0 Å². The topological polar surface area (TPSA) is 61.1 Å². The number of nitrogens with zero attached hydrogens (tertiary/aromatic N) is 1. The standard InChI is InChI=1S/C14H15NO2/c15-10-11-4-6-12(7-5-11)14(13(16)17)8-2-1-3-9-14/h4-7H,1-3,8-9H2,(H,16,17). The van der Waals surface area contributed by atoms with E-state index in [0.29, 0.717) is 18.4 Å². The van der Waals surface area contributed by atoms with Crippen LogP contribution in [0.15, 0.2) is 24.3 Å². The van der Waals surface area contributed by atoms with Crippen LogP contribution in [0.25, 0.3) is 0 Å². The van der Waals surface area contributed by atoms with E-state index < -0.39 is 11.4 Å². The van der Waals surface area contributed by atoms with E-state index in [9.17, 15) is 9.90 Å². The molecular formula is C14H15NO2. The first-order chi connectivity index (χ1) is 8.19. The minimum atomic E-state index is -0.734. The first kappa shape index (κ1) is 11.7. The van der Waals surface area contributed by atoms with Gasteiger partial charge in [0.2, 0.25) is 0 Å². The fraction of sp³-hybridized carbons (Fsp3) is 0.429. The number of carbonyl (C=O) groups is 1. The molecule has 0 saturated heterocycles. The highest BCUT2D eigenvalue weighted by molar-refractivity contribution is 5.81. The molecule has 0 bridgehead atoms. The quantitative estimate of drug-likeness (QED) is 0.848. The molecule has 0 atom stereocenters. The van der Waals surface area contributed by atoms with Crippen LogP contribution in [0.1, 0.15) is 43.2 Å². The van der Waals surface area contributed by atoms with Gasteiger partial charge in [0.05, 0.1) is 17.0 Å². The second kappa shape index (κ2) is 4.58. The molecule has 1 aromatic rings. The fourth-order valence-corrected chi connectivity index (χ4v) is 2.65. The molecule has 1 aromatic carbocycles. The first-order valence-electron chi connectivity index (χ1n) is 5.93. The second-order valence-electron chi connectivity index (χ2n) is 4.64. The van der Waals surface area contributed by atoms with Gasteiger partial charge in [0.25, 0.3) is 0 Å². The molecule has 0 spiro atoms. The molecule has 3 nitrogen and oxygen atoms in total. The zero-order valence-corrected chi connectivity index (χ0v) is 9.65. The van der Waals surface area contributed by atoms with Gasteiger partial charge in [-0.05, 0) is 30.5 Å². The second-order valence-corrected chi connectivity index (χ2v) is 4.64. The number of benzene rings is 1. The fourth-order valence-electron chi connectivity index (χ4n) is 2.65. The Morgan fingerprint density at radius 2 is 1.76 bits per heavy atom. The van der Waals surface area contributed by atoms with E-state index in [4.69, 9.17) is 5.26 Å². The largest absolute Gasteiger partial charge is 0.481 e. The zero-order valence-electron chi connectivity index (χ0n) is 9.65. The Labute approximate surface area is 101 Å². The number of hydrogen-bond donors (Lipinski definition) is 1. The molecule has 1 saturated carbocycles. The van der Waals surface area contributed by atoms with Crippen molar-refractivity contribution in [3.8, 4) is 6.07 Å². The van der Waals surface area contributed by atoms with Crippen LogP contribution < -0.4 is 0 Å². The number of aliphatic carboxylic acids is 1. The molecule has 17 heavy (non-hydrogen) atoms. The van der Waals surface area contributed by atoms with Crippen LogP contribution in [0.3, 0.4) is 0 Å². The molecule has 0 radical (unpaired) electrons. The Hall–Kier alpha value is -1.82. The zero-order chi connectivity index (χ0) is 12.3. The molecule has 0 unspecified atom stereocenters. The predicted molar refractivity (Wildman–Crippen MR) is 63.6 cm³/mol. The van der Waals surface area contributed by atoms with Crippen molar-refractivity contribution in [2.45, 2.75) is 37.5 Å². The molecule has 1 N–H and O–H groups in total. The van der Waals surface area contributed by atoms with Crippen molar-refractivity contribution in [3.05, 3.63) is 35.4 Å². The number of carboxylic acid groups (broad SMARTS) is 1. The summed E-state index contributed by atoms with van der Waals surface area (Å²) in [5.41, 5.74) is 0.681. The Balaban J connectivity index is 2.38. The highest BCUT2D eigenvalue weighted by Gasteiger charge is 2.41. The number of nitriles is 1. The van der Waals surface area contributed by atoms with Crippen molar-refractivity contribution in [2.24, 2.45) is 0 Å². The average molecular weight is 229 g/mol. The van der Waals surface area contributed by atoms with E-state index in [2.05, 4.69) is 6.07 Å². The van der Waals surface area contributed by atoms with Gasteiger partial charge >= 0.3 is 5.97 Å². The third-order valence-electron chi connectivity index (χ3n) is 3.68. The highest BCUT2D eigenvalue weighted by atomic mass is 16.4. The number of hydrogen-bond acceptors (Lipinski definition) is 2. The van der Waals surface area contributed by atoms with Crippen LogP contribution in [-0.2, 0) is 10.2 Å². The average Bonchev–Trinajstić information content (AvgIpc) is 2.39. The lowest BCUT2D eigenvalue weighted by atomic mass is 9.69. The van der Waals surface area contributed by atoms with Crippen LogP contribution in [-0.4, -0.2) is 11.1 Å². The molecule has 1 fully saturated rings. The van der Waals surface area contributed by atoms with E-state index in [1.807, 2.05) is 0 Å². The van der Waals surface area contributed by atoms with Gasteiger partial charge in [0, 0.05) is 0 Å². The van der Waals surface area contributed by atoms with Crippen LogP contribution in [0.2, 0.25) is 0 Å². The Morgan fingerprint density at radius 1 is 1.18 bits per heavy atom. The number of carboxylic acids is 1. The molecule has 0 heterocycles. The predicted octanol–water partition coefficient (Wildman–Crippen LogP) is 2.84. The summed E-state index contributed by atoms with van der Waals surface area (Å²) >= 11 is 0. The van der Waals surface area contributed by atoms with Crippen LogP contribution in [0.4, 0.5) is 0 Å². The van der Waals surface area contributed by atoms with Gasteiger partial charge in [0.15, 0.2) is 0 Å². The van der Waals surface area contributed by atoms with E-state index in [1.165, 1.54) is 0 Å².